The highest BCUT2D eigenvalue weighted by Gasteiger charge is 2.39. The third kappa shape index (κ3) is 2.17. The van der Waals surface area contributed by atoms with Crippen molar-refractivity contribution in [2.24, 2.45) is 0 Å². The predicted molar refractivity (Wildman–Crippen MR) is 61.4 cm³/mol. The second-order valence-corrected chi connectivity index (χ2v) is 3.79. The molecule has 6 nitrogen and oxygen atoms in total. The van der Waals surface area contributed by atoms with Crippen molar-refractivity contribution in [1.82, 2.24) is 10.2 Å². The first-order chi connectivity index (χ1) is 8.63. The molecule has 0 bridgehead atoms. The molecule has 0 aliphatic carbocycles. The minimum Gasteiger partial charge on any atom is -0.468 e. The Morgan fingerprint density at radius 3 is 2.61 bits per heavy atom. The highest BCUT2D eigenvalue weighted by atomic mass is 16.5. The Hall–Kier alpha value is -2.37. The Morgan fingerprint density at radius 1 is 1.33 bits per heavy atom. The zero-order valence-corrected chi connectivity index (χ0v) is 9.75. The first kappa shape index (κ1) is 12.1. The van der Waals surface area contributed by atoms with Crippen molar-refractivity contribution in [2.45, 2.75) is 6.04 Å². The molecular formula is C12H12N2O4. The zero-order valence-electron chi connectivity index (χ0n) is 9.75. The highest BCUT2D eigenvalue weighted by molar-refractivity contribution is 6.06. The minimum atomic E-state index is -0.733. The summed E-state index contributed by atoms with van der Waals surface area (Å²) in [4.78, 5) is 35.6. The normalized spacial score (nSPS) is 18.7. The van der Waals surface area contributed by atoms with E-state index >= 15 is 0 Å². The molecule has 1 heterocycles. The first-order valence-corrected chi connectivity index (χ1v) is 5.37. The van der Waals surface area contributed by atoms with E-state index < -0.39 is 23.9 Å². The van der Waals surface area contributed by atoms with Crippen LogP contribution in [0, 0.1) is 0 Å². The maximum absolute atomic E-state index is 12.0. The number of carbonyl (C=O) groups is 3. The SMILES string of the molecule is COC(=O)CN1C(=O)NC(c2ccccc2)C1=O. The number of nitrogens with one attached hydrogen (secondary N) is 1. The predicted octanol–water partition coefficient (Wildman–Crippen LogP) is 0.452. The van der Waals surface area contributed by atoms with E-state index in [1.165, 1.54) is 7.11 Å². The van der Waals surface area contributed by atoms with Crippen molar-refractivity contribution in [1.29, 1.82) is 0 Å². The third-order valence-electron chi connectivity index (χ3n) is 2.67. The lowest BCUT2D eigenvalue weighted by molar-refractivity contribution is -0.144. The summed E-state index contributed by atoms with van der Waals surface area (Å²) in [6.07, 6.45) is 0. The standard InChI is InChI=1S/C12H12N2O4/c1-18-9(15)7-14-11(16)10(13-12(14)17)8-5-3-2-4-6-8/h2-6,10H,7H2,1H3,(H,13,17). The van der Waals surface area contributed by atoms with Gasteiger partial charge in [-0.15, -0.1) is 0 Å². The summed E-state index contributed by atoms with van der Waals surface area (Å²) >= 11 is 0. The summed E-state index contributed by atoms with van der Waals surface area (Å²) in [6, 6.07) is 7.53. The summed E-state index contributed by atoms with van der Waals surface area (Å²) in [5, 5.41) is 2.53. The number of benzene rings is 1. The fourth-order valence-electron chi connectivity index (χ4n) is 1.73. The number of rotatable bonds is 3. The molecule has 0 aromatic heterocycles. The minimum absolute atomic E-state index is 0.371. The average Bonchev–Trinajstić information content (AvgIpc) is 2.67. The number of methoxy groups -OCH3 is 1. The van der Waals surface area contributed by atoms with Gasteiger partial charge in [0.1, 0.15) is 12.6 Å². The fourth-order valence-corrected chi connectivity index (χ4v) is 1.73. The lowest BCUT2D eigenvalue weighted by Gasteiger charge is -2.11. The Bertz CT molecular complexity index is 486. The van der Waals surface area contributed by atoms with Crippen LogP contribution >= 0.6 is 0 Å². The van der Waals surface area contributed by atoms with Gasteiger partial charge in [-0.05, 0) is 5.56 Å². The van der Waals surface area contributed by atoms with Crippen molar-refractivity contribution in [3.05, 3.63) is 35.9 Å². The van der Waals surface area contributed by atoms with Crippen LogP contribution in [0.1, 0.15) is 11.6 Å². The van der Waals surface area contributed by atoms with Crippen molar-refractivity contribution >= 4 is 17.9 Å². The summed E-state index contributed by atoms with van der Waals surface area (Å²) < 4.78 is 4.44. The fraction of sp³-hybridized carbons (Fsp3) is 0.250. The van der Waals surface area contributed by atoms with Crippen molar-refractivity contribution < 1.29 is 19.1 Å². The van der Waals surface area contributed by atoms with Crippen LogP contribution in [0.3, 0.4) is 0 Å². The second kappa shape index (κ2) is 4.87. The van der Waals surface area contributed by atoms with Gasteiger partial charge in [0.25, 0.3) is 5.91 Å². The summed E-state index contributed by atoms with van der Waals surface area (Å²) in [7, 11) is 1.20. The summed E-state index contributed by atoms with van der Waals surface area (Å²) in [5.41, 5.74) is 0.684. The third-order valence-corrected chi connectivity index (χ3v) is 2.67. The number of ether oxygens (including phenoxy) is 1. The molecule has 1 fully saturated rings. The molecule has 1 aromatic carbocycles. The molecule has 3 amide bonds. The van der Waals surface area contributed by atoms with E-state index in [4.69, 9.17) is 0 Å². The van der Waals surface area contributed by atoms with E-state index in [1.54, 1.807) is 24.3 Å². The van der Waals surface area contributed by atoms with Gasteiger partial charge in [0, 0.05) is 0 Å². The van der Waals surface area contributed by atoms with Gasteiger partial charge in [-0.3, -0.25) is 14.5 Å². The lowest BCUT2D eigenvalue weighted by atomic mass is 10.1. The molecular weight excluding hydrogens is 236 g/mol. The highest BCUT2D eigenvalue weighted by Crippen LogP contribution is 2.21. The summed E-state index contributed by atoms with van der Waals surface area (Å²) in [5.74, 6) is -1.08. The number of esters is 1. The van der Waals surface area contributed by atoms with Crippen molar-refractivity contribution in [3.63, 3.8) is 0 Å². The van der Waals surface area contributed by atoms with Crippen LogP contribution in [-0.4, -0.2) is 36.5 Å². The van der Waals surface area contributed by atoms with Gasteiger partial charge < -0.3 is 10.1 Å². The lowest BCUT2D eigenvalue weighted by Crippen LogP contribution is -2.36. The molecule has 2 rings (SSSR count). The molecule has 0 spiro atoms. The van der Waals surface area contributed by atoms with Gasteiger partial charge >= 0.3 is 12.0 Å². The molecule has 1 saturated heterocycles. The van der Waals surface area contributed by atoms with Gasteiger partial charge in [0.15, 0.2) is 0 Å². The van der Waals surface area contributed by atoms with Gasteiger partial charge in [0.05, 0.1) is 7.11 Å². The van der Waals surface area contributed by atoms with Crippen LogP contribution in [0.5, 0.6) is 0 Å². The second-order valence-electron chi connectivity index (χ2n) is 3.79. The maximum Gasteiger partial charge on any atom is 0.325 e. The molecule has 0 radical (unpaired) electrons. The van der Waals surface area contributed by atoms with Crippen LogP contribution in [0.15, 0.2) is 30.3 Å². The summed E-state index contributed by atoms with van der Waals surface area (Å²) in [6.45, 7) is -0.371. The molecule has 1 aliphatic heterocycles. The number of hydrogen-bond donors (Lipinski definition) is 1. The molecule has 1 atom stereocenters. The van der Waals surface area contributed by atoms with E-state index in [2.05, 4.69) is 10.1 Å². The first-order valence-electron chi connectivity index (χ1n) is 5.37. The van der Waals surface area contributed by atoms with E-state index in [0.29, 0.717) is 5.56 Å². The molecule has 6 heteroatoms. The Balaban J connectivity index is 2.17. The van der Waals surface area contributed by atoms with Crippen LogP contribution in [0.4, 0.5) is 4.79 Å². The largest absolute Gasteiger partial charge is 0.468 e. The van der Waals surface area contributed by atoms with Crippen LogP contribution < -0.4 is 5.32 Å². The Morgan fingerprint density at radius 2 is 2.00 bits per heavy atom. The van der Waals surface area contributed by atoms with Crippen LogP contribution in [0.25, 0.3) is 0 Å². The van der Waals surface area contributed by atoms with Gasteiger partial charge in [0.2, 0.25) is 0 Å². The van der Waals surface area contributed by atoms with Crippen molar-refractivity contribution in [3.8, 4) is 0 Å². The Kier molecular flexibility index (Phi) is 3.27. The number of imide groups is 1. The number of nitrogens with zero attached hydrogens (tertiary/aromatic N) is 1. The van der Waals surface area contributed by atoms with Gasteiger partial charge in [-0.2, -0.15) is 0 Å². The molecule has 0 saturated carbocycles. The van der Waals surface area contributed by atoms with E-state index in [1.807, 2.05) is 6.07 Å². The maximum atomic E-state index is 12.0. The van der Waals surface area contributed by atoms with E-state index in [0.717, 1.165) is 4.90 Å². The van der Waals surface area contributed by atoms with Crippen molar-refractivity contribution in [2.75, 3.05) is 13.7 Å². The van der Waals surface area contributed by atoms with Crippen LogP contribution in [0.2, 0.25) is 0 Å². The molecule has 1 aliphatic rings. The molecule has 1 N–H and O–H groups in total. The number of amides is 3. The molecule has 94 valence electrons. The van der Waals surface area contributed by atoms with Gasteiger partial charge in [-0.1, -0.05) is 30.3 Å². The van der Waals surface area contributed by atoms with Crippen LogP contribution in [-0.2, 0) is 14.3 Å². The van der Waals surface area contributed by atoms with Gasteiger partial charge in [-0.25, -0.2) is 4.79 Å². The smallest absolute Gasteiger partial charge is 0.325 e. The van der Waals surface area contributed by atoms with E-state index in [-0.39, 0.29) is 6.54 Å². The zero-order chi connectivity index (χ0) is 13.1. The topological polar surface area (TPSA) is 75.7 Å². The van der Waals surface area contributed by atoms with E-state index in [9.17, 15) is 14.4 Å². The molecule has 1 aromatic rings. The molecule has 1 unspecified atom stereocenters. The monoisotopic (exact) mass is 248 g/mol. The quantitative estimate of drug-likeness (QED) is 0.622. The number of carbonyl (C=O) groups excluding carboxylic acids is 3. The average molecular weight is 248 g/mol. The Labute approximate surface area is 104 Å². The number of hydrogen-bond acceptors (Lipinski definition) is 4. The number of urea groups is 1. The molecule has 18 heavy (non-hydrogen) atoms.